The Hall–Kier alpha value is -2.71. The number of anilines is 1. The predicted molar refractivity (Wildman–Crippen MR) is 105 cm³/mol. The van der Waals surface area contributed by atoms with Crippen LogP contribution in [0, 0.1) is 13.8 Å². The summed E-state index contributed by atoms with van der Waals surface area (Å²) in [6, 6.07) is 7.70. The minimum atomic E-state index is -0.256. The van der Waals surface area contributed by atoms with E-state index in [0.29, 0.717) is 10.8 Å². The van der Waals surface area contributed by atoms with Gasteiger partial charge in [0.1, 0.15) is 11.4 Å². The van der Waals surface area contributed by atoms with Gasteiger partial charge in [-0.05, 0) is 38.1 Å². The van der Waals surface area contributed by atoms with Gasteiger partial charge in [0.25, 0.3) is 5.91 Å². The van der Waals surface area contributed by atoms with Crippen molar-refractivity contribution in [2.75, 3.05) is 12.4 Å². The van der Waals surface area contributed by atoms with Crippen LogP contribution in [0.1, 0.15) is 20.2 Å². The molecular weight excluding hydrogens is 368 g/mol. The zero-order valence-electron chi connectivity index (χ0n) is 14.4. The third-order valence-electron chi connectivity index (χ3n) is 3.88. The van der Waals surface area contributed by atoms with Gasteiger partial charge in [0.05, 0.1) is 12.8 Å². The topological polar surface area (TPSA) is 68.5 Å². The van der Waals surface area contributed by atoms with Crippen LogP contribution in [0.5, 0.6) is 5.75 Å². The van der Waals surface area contributed by atoms with Crippen LogP contribution in [0.4, 0.5) is 5.13 Å². The highest BCUT2D eigenvalue weighted by molar-refractivity contribution is 7.17. The predicted octanol–water partition coefficient (Wildman–Crippen LogP) is 4.40. The van der Waals surface area contributed by atoms with Gasteiger partial charge in [0.15, 0.2) is 10.1 Å². The Morgan fingerprint density at radius 3 is 2.58 bits per heavy atom. The standard InChI is InChI=1S/C18H16N4O2S2/c1-10-8-22-9-14(19-18(22)25-10)16(23)21-17-20-15(11(2)26-17)12-4-6-13(24-3)7-5-12/h4-9H,1-3H3,(H,20,21,23). The van der Waals surface area contributed by atoms with Crippen molar-refractivity contribution in [3.05, 3.63) is 52.1 Å². The monoisotopic (exact) mass is 384 g/mol. The van der Waals surface area contributed by atoms with E-state index in [-0.39, 0.29) is 5.91 Å². The van der Waals surface area contributed by atoms with Crippen molar-refractivity contribution >= 4 is 38.7 Å². The average Bonchev–Trinajstić information content (AvgIpc) is 3.27. The smallest absolute Gasteiger partial charge is 0.277 e. The number of methoxy groups -OCH3 is 1. The molecule has 1 N–H and O–H groups in total. The van der Waals surface area contributed by atoms with Gasteiger partial charge in [0.2, 0.25) is 0 Å². The molecule has 0 atom stereocenters. The molecule has 8 heteroatoms. The van der Waals surface area contributed by atoms with E-state index in [9.17, 15) is 4.79 Å². The van der Waals surface area contributed by atoms with Gasteiger partial charge in [0, 0.05) is 27.7 Å². The molecule has 3 aromatic heterocycles. The highest BCUT2D eigenvalue weighted by Crippen LogP contribution is 2.31. The highest BCUT2D eigenvalue weighted by atomic mass is 32.1. The van der Waals surface area contributed by atoms with Crippen LogP contribution in [0.2, 0.25) is 0 Å². The number of fused-ring (bicyclic) bond motifs is 1. The summed E-state index contributed by atoms with van der Waals surface area (Å²) < 4.78 is 7.05. The number of benzene rings is 1. The zero-order chi connectivity index (χ0) is 18.3. The van der Waals surface area contributed by atoms with Crippen molar-refractivity contribution < 1.29 is 9.53 Å². The summed E-state index contributed by atoms with van der Waals surface area (Å²) in [5, 5.41) is 3.41. The van der Waals surface area contributed by atoms with Crippen molar-refractivity contribution in [1.29, 1.82) is 0 Å². The normalized spacial score (nSPS) is 11.0. The van der Waals surface area contributed by atoms with Crippen LogP contribution in [0.3, 0.4) is 0 Å². The van der Waals surface area contributed by atoms with E-state index in [0.717, 1.165) is 31.7 Å². The van der Waals surface area contributed by atoms with Crippen LogP contribution in [-0.2, 0) is 0 Å². The number of rotatable bonds is 4. The highest BCUT2D eigenvalue weighted by Gasteiger charge is 2.16. The molecule has 3 heterocycles. The molecule has 0 spiro atoms. The third kappa shape index (κ3) is 3.09. The number of hydrogen-bond donors (Lipinski definition) is 1. The molecule has 4 aromatic rings. The Bertz CT molecular complexity index is 1060. The number of carbonyl (C=O) groups excluding carboxylic acids is 1. The first-order chi connectivity index (χ1) is 12.5. The zero-order valence-corrected chi connectivity index (χ0v) is 16.1. The number of nitrogens with zero attached hydrogens (tertiary/aromatic N) is 3. The molecule has 4 rings (SSSR count). The van der Waals surface area contributed by atoms with Crippen molar-refractivity contribution in [2.45, 2.75) is 13.8 Å². The SMILES string of the molecule is COc1ccc(-c2nc(NC(=O)c3cn4cc(C)sc4n3)sc2C)cc1. The molecule has 0 fully saturated rings. The van der Waals surface area contributed by atoms with Crippen LogP contribution >= 0.6 is 22.7 Å². The van der Waals surface area contributed by atoms with Crippen molar-refractivity contribution in [1.82, 2.24) is 14.4 Å². The number of aryl methyl sites for hydroxylation is 2. The number of ether oxygens (including phenoxy) is 1. The molecule has 0 aliphatic heterocycles. The summed E-state index contributed by atoms with van der Waals surface area (Å²) in [7, 11) is 1.64. The molecule has 26 heavy (non-hydrogen) atoms. The maximum absolute atomic E-state index is 12.5. The summed E-state index contributed by atoms with van der Waals surface area (Å²) in [6.07, 6.45) is 3.69. The summed E-state index contributed by atoms with van der Waals surface area (Å²) in [5.74, 6) is 0.540. The molecule has 0 saturated carbocycles. The molecule has 0 aliphatic rings. The fourth-order valence-electron chi connectivity index (χ4n) is 2.65. The lowest BCUT2D eigenvalue weighted by Crippen LogP contribution is -2.12. The fraction of sp³-hybridized carbons (Fsp3) is 0.167. The maximum Gasteiger partial charge on any atom is 0.277 e. The number of imidazole rings is 1. The van der Waals surface area contributed by atoms with E-state index in [1.807, 2.05) is 48.7 Å². The lowest BCUT2D eigenvalue weighted by Gasteiger charge is -2.01. The van der Waals surface area contributed by atoms with Crippen LogP contribution in [0.15, 0.2) is 36.7 Å². The fourth-order valence-corrected chi connectivity index (χ4v) is 4.29. The molecule has 0 bridgehead atoms. The van der Waals surface area contributed by atoms with E-state index in [2.05, 4.69) is 15.3 Å². The lowest BCUT2D eigenvalue weighted by atomic mass is 10.1. The number of thiazole rings is 2. The second kappa shape index (κ2) is 6.54. The van der Waals surface area contributed by atoms with Gasteiger partial charge in [-0.25, -0.2) is 9.97 Å². The molecule has 132 valence electrons. The largest absolute Gasteiger partial charge is 0.497 e. The Balaban J connectivity index is 1.56. The van der Waals surface area contributed by atoms with Crippen LogP contribution < -0.4 is 10.1 Å². The van der Waals surface area contributed by atoms with Crippen molar-refractivity contribution in [3.8, 4) is 17.0 Å². The average molecular weight is 384 g/mol. The first kappa shape index (κ1) is 16.7. The summed E-state index contributed by atoms with van der Waals surface area (Å²) in [5.41, 5.74) is 2.22. The molecular formula is C18H16N4O2S2. The van der Waals surface area contributed by atoms with E-state index >= 15 is 0 Å². The van der Waals surface area contributed by atoms with Crippen LogP contribution in [-0.4, -0.2) is 27.4 Å². The lowest BCUT2D eigenvalue weighted by molar-refractivity contribution is 0.102. The van der Waals surface area contributed by atoms with E-state index in [1.54, 1.807) is 24.6 Å². The Morgan fingerprint density at radius 1 is 1.12 bits per heavy atom. The Morgan fingerprint density at radius 2 is 1.88 bits per heavy atom. The molecule has 0 saturated heterocycles. The summed E-state index contributed by atoms with van der Waals surface area (Å²) in [6.45, 7) is 4.00. The molecule has 6 nitrogen and oxygen atoms in total. The van der Waals surface area contributed by atoms with Gasteiger partial charge in [-0.1, -0.05) is 0 Å². The van der Waals surface area contributed by atoms with Gasteiger partial charge in [-0.3, -0.25) is 14.5 Å². The number of carbonyl (C=O) groups is 1. The summed E-state index contributed by atoms with van der Waals surface area (Å²) >= 11 is 3.00. The minimum Gasteiger partial charge on any atom is -0.497 e. The van der Waals surface area contributed by atoms with Crippen LogP contribution in [0.25, 0.3) is 16.2 Å². The Kier molecular flexibility index (Phi) is 4.21. The van der Waals surface area contributed by atoms with E-state index in [4.69, 9.17) is 4.74 Å². The second-order valence-corrected chi connectivity index (χ2v) is 8.18. The van der Waals surface area contributed by atoms with Gasteiger partial charge in [-0.15, -0.1) is 22.7 Å². The van der Waals surface area contributed by atoms with Gasteiger partial charge in [-0.2, -0.15) is 0 Å². The number of amides is 1. The first-order valence-electron chi connectivity index (χ1n) is 7.92. The number of nitrogens with one attached hydrogen (secondary N) is 1. The third-order valence-corrected chi connectivity index (χ3v) is 5.68. The first-order valence-corrected chi connectivity index (χ1v) is 9.55. The second-order valence-electron chi connectivity index (χ2n) is 5.76. The molecule has 1 amide bonds. The van der Waals surface area contributed by atoms with E-state index < -0.39 is 0 Å². The molecule has 0 unspecified atom stereocenters. The van der Waals surface area contributed by atoms with Gasteiger partial charge < -0.3 is 4.74 Å². The number of hydrogen-bond acceptors (Lipinski definition) is 6. The van der Waals surface area contributed by atoms with E-state index in [1.165, 1.54) is 11.3 Å². The van der Waals surface area contributed by atoms with Crippen molar-refractivity contribution in [3.63, 3.8) is 0 Å². The van der Waals surface area contributed by atoms with Gasteiger partial charge >= 0.3 is 0 Å². The molecule has 0 aliphatic carbocycles. The molecule has 0 radical (unpaired) electrons. The quantitative estimate of drug-likeness (QED) is 0.566. The molecule has 1 aromatic carbocycles. The summed E-state index contributed by atoms with van der Waals surface area (Å²) in [4.78, 5) is 24.4. The minimum absolute atomic E-state index is 0.256. The maximum atomic E-state index is 12.5. The number of aromatic nitrogens is 3. The van der Waals surface area contributed by atoms with Crippen molar-refractivity contribution in [2.24, 2.45) is 0 Å². The Labute approximate surface area is 158 Å².